The van der Waals surface area contributed by atoms with Gasteiger partial charge in [-0.25, -0.2) is 0 Å². The summed E-state index contributed by atoms with van der Waals surface area (Å²) in [5.41, 5.74) is 1.98. The third-order valence-corrected chi connectivity index (χ3v) is 6.71. The number of aryl methyl sites for hydroxylation is 1. The molecule has 0 aliphatic heterocycles. The number of halogens is 3. The second-order valence-corrected chi connectivity index (χ2v) is 9.40. The number of amides is 2. The van der Waals surface area contributed by atoms with E-state index in [1.807, 2.05) is 25.3 Å². The Bertz CT molecular complexity index is 1180. The Hall–Kier alpha value is -2.26. The standard InChI is InChI=1S/C22H22Cl3N5O2S/c1-4-30-20(13(3)26-21(32)14-5-7-16(24)17(25)10-14)28-29-22(30)33-11-19(31)27-18-8-6-15(23)9-12(18)2/h5-10,13H,4,11H2,1-3H3,(H,26,32)(H,27,31)/t13-/m0/s1. The zero-order chi connectivity index (χ0) is 24.1. The molecule has 1 atom stereocenters. The van der Waals surface area contributed by atoms with Gasteiger partial charge in [-0.3, -0.25) is 9.59 Å². The minimum absolute atomic E-state index is 0.157. The van der Waals surface area contributed by atoms with Gasteiger partial charge >= 0.3 is 0 Å². The van der Waals surface area contributed by atoms with Crippen LogP contribution >= 0.6 is 46.6 Å². The van der Waals surface area contributed by atoms with Crippen LogP contribution in [-0.2, 0) is 11.3 Å². The summed E-state index contributed by atoms with van der Waals surface area (Å²) < 4.78 is 1.87. The van der Waals surface area contributed by atoms with E-state index in [9.17, 15) is 9.59 Å². The molecule has 0 unspecified atom stereocenters. The van der Waals surface area contributed by atoms with E-state index in [1.165, 1.54) is 17.8 Å². The van der Waals surface area contributed by atoms with Gasteiger partial charge in [-0.2, -0.15) is 0 Å². The SMILES string of the molecule is CCn1c(SCC(=O)Nc2ccc(Cl)cc2C)nnc1[C@H](C)NC(=O)c1ccc(Cl)c(Cl)c1. The largest absolute Gasteiger partial charge is 0.342 e. The number of nitrogens with one attached hydrogen (secondary N) is 2. The third kappa shape index (κ3) is 6.41. The molecule has 0 radical (unpaired) electrons. The minimum Gasteiger partial charge on any atom is -0.342 e. The number of aromatic nitrogens is 3. The lowest BCUT2D eigenvalue weighted by molar-refractivity contribution is -0.113. The third-order valence-electron chi connectivity index (χ3n) is 4.77. The van der Waals surface area contributed by atoms with Crippen LogP contribution in [0.5, 0.6) is 0 Å². The Morgan fingerprint density at radius 1 is 1.09 bits per heavy atom. The molecule has 1 heterocycles. The maximum Gasteiger partial charge on any atom is 0.251 e. The molecule has 0 bridgehead atoms. The molecule has 3 rings (SSSR count). The molecule has 0 spiro atoms. The number of hydrogen-bond acceptors (Lipinski definition) is 5. The molecule has 0 aliphatic rings. The van der Waals surface area contributed by atoms with Crippen LogP contribution in [0.2, 0.25) is 15.1 Å². The van der Waals surface area contributed by atoms with E-state index < -0.39 is 6.04 Å². The van der Waals surface area contributed by atoms with E-state index in [-0.39, 0.29) is 17.6 Å². The predicted octanol–water partition coefficient (Wildman–Crippen LogP) is 5.79. The van der Waals surface area contributed by atoms with Gasteiger partial charge in [-0.05, 0) is 62.7 Å². The highest BCUT2D eigenvalue weighted by atomic mass is 35.5. The highest BCUT2D eigenvalue weighted by Crippen LogP contribution is 2.25. The lowest BCUT2D eigenvalue weighted by atomic mass is 10.2. The smallest absolute Gasteiger partial charge is 0.251 e. The molecule has 0 aliphatic carbocycles. The summed E-state index contributed by atoms with van der Waals surface area (Å²) in [6.07, 6.45) is 0. The van der Waals surface area contributed by atoms with Crippen LogP contribution in [-0.4, -0.2) is 32.3 Å². The highest BCUT2D eigenvalue weighted by molar-refractivity contribution is 7.99. The van der Waals surface area contributed by atoms with Crippen LogP contribution in [0.3, 0.4) is 0 Å². The number of carbonyl (C=O) groups excluding carboxylic acids is 2. The summed E-state index contributed by atoms with van der Waals surface area (Å²) in [5, 5.41) is 16.1. The van der Waals surface area contributed by atoms with Gasteiger partial charge in [-0.1, -0.05) is 46.6 Å². The zero-order valence-corrected chi connectivity index (χ0v) is 21.2. The number of hydrogen-bond donors (Lipinski definition) is 2. The highest BCUT2D eigenvalue weighted by Gasteiger charge is 2.20. The Morgan fingerprint density at radius 3 is 2.52 bits per heavy atom. The second kappa shape index (κ2) is 11.2. The van der Waals surface area contributed by atoms with Crippen molar-refractivity contribution in [2.75, 3.05) is 11.1 Å². The monoisotopic (exact) mass is 525 g/mol. The second-order valence-electron chi connectivity index (χ2n) is 7.21. The fraction of sp³-hybridized carbons (Fsp3) is 0.273. The first-order chi connectivity index (χ1) is 15.7. The van der Waals surface area contributed by atoms with Crippen LogP contribution in [0.1, 0.15) is 41.6 Å². The number of anilines is 1. The summed E-state index contributed by atoms with van der Waals surface area (Å²) in [7, 11) is 0. The average Bonchev–Trinajstić information content (AvgIpc) is 3.19. The van der Waals surface area contributed by atoms with E-state index in [0.717, 1.165) is 5.56 Å². The Kier molecular flexibility index (Phi) is 8.64. The number of rotatable bonds is 8. The Morgan fingerprint density at radius 2 is 1.85 bits per heavy atom. The van der Waals surface area contributed by atoms with E-state index in [0.29, 0.717) is 43.8 Å². The van der Waals surface area contributed by atoms with E-state index >= 15 is 0 Å². The molecule has 2 N–H and O–H groups in total. The fourth-order valence-electron chi connectivity index (χ4n) is 3.09. The molecule has 0 saturated heterocycles. The first-order valence-corrected chi connectivity index (χ1v) is 12.2. The van der Waals surface area contributed by atoms with E-state index in [2.05, 4.69) is 20.8 Å². The summed E-state index contributed by atoms with van der Waals surface area (Å²) in [6.45, 7) is 6.22. The van der Waals surface area contributed by atoms with Crippen LogP contribution in [0.4, 0.5) is 5.69 Å². The summed E-state index contributed by atoms with van der Waals surface area (Å²) >= 11 is 19.2. The normalized spacial score (nSPS) is 11.8. The van der Waals surface area contributed by atoms with Crippen LogP contribution < -0.4 is 10.6 Å². The van der Waals surface area contributed by atoms with Crippen LogP contribution in [0, 0.1) is 6.92 Å². The van der Waals surface area contributed by atoms with Crippen molar-refractivity contribution in [1.82, 2.24) is 20.1 Å². The molecule has 0 fully saturated rings. The van der Waals surface area contributed by atoms with Crippen molar-refractivity contribution >= 4 is 64.1 Å². The first-order valence-electron chi connectivity index (χ1n) is 10.1. The van der Waals surface area contributed by atoms with Crippen molar-refractivity contribution in [1.29, 1.82) is 0 Å². The molecular weight excluding hydrogens is 505 g/mol. The van der Waals surface area contributed by atoms with Gasteiger partial charge < -0.3 is 15.2 Å². The molecular formula is C22H22Cl3N5O2S. The van der Waals surface area contributed by atoms with Gasteiger partial charge in [0.1, 0.15) is 0 Å². The van der Waals surface area contributed by atoms with Crippen LogP contribution in [0.15, 0.2) is 41.6 Å². The van der Waals surface area contributed by atoms with Crippen molar-refractivity contribution in [2.45, 2.75) is 38.5 Å². The molecule has 7 nitrogen and oxygen atoms in total. The maximum absolute atomic E-state index is 12.6. The number of nitrogens with zero attached hydrogens (tertiary/aromatic N) is 3. The molecule has 2 aromatic carbocycles. The molecule has 33 heavy (non-hydrogen) atoms. The summed E-state index contributed by atoms with van der Waals surface area (Å²) in [4.78, 5) is 25.0. The molecule has 11 heteroatoms. The van der Waals surface area contributed by atoms with Crippen molar-refractivity contribution in [3.05, 3.63) is 68.4 Å². The van der Waals surface area contributed by atoms with Crippen LogP contribution in [0.25, 0.3) is 0 Å². The number of thioether (sulfide) groups is 1. The van der Waals surface area contributed by atoms with Crippen molar-refractivity contribution < 1.29 is 9.59 Å². The fourth-order valence-corrected chi connectivity index (χ4v) is 4.42. The van der Waals surface area contributed by atoms with Crippen molar-refractivity contribution in [2.24, 2.45) is 0 Å². The zero-order valence-electron chi connectivity index (χ0n) is 18.2. The summed E-state index contributed by atoms with van der Waals surface area (Å²) in [5.74, 6) is 0.268. The molecule has 3 aromatic rings. The number of benzene rings is 2. The molecule has 1 aromatic heterocycles. The van der Waals surface area contributed by atoms with Gasteiger partial charge in [0.05, 0.1) is 21.8 Å². The molecule has 174 valence electrons. The van der Waals surface area contributed by atoms with E-state index in [1.54, 1.807) is 30.3 Å². The topological polar surface area (TPSA) is 88.9 Å². The number of carbonyl (C=O) groups is 2. The Balaban J connectivity index is 1.64. The molecule has 2 amide bonds. The van der Waals surface area contributed by atoms with Crippen molar-refractivity contribution in [3.8, 4) is 0 Å². The lowest BCUT2D eigenvalue weighted by Gasteiger charge is -2.15. The lowest BCUT2D eigenvalue weighted by Crippen LogP contribution is -2.28. The van der Waals surface area contributed by atoms with Gasteiger partial charge in [-0.15, -0.1) is 10.2 Å². The van der Waals surface area contributed by atoms with Crippen molar-refractivity contribution in [3.63, 3.8) is 0 Å². The predicted molar refractivity (Wildman–Crippen MR) is 134 cm³/mol. The summed E-state index contributed by atoms with van der Waals surface area (Å²) in [6, 6.07) is 9.55. The molecule has 0 saturated carbocycles. The minimum atomic E-state index is -0.417. The average molecular weight is 527 g/mol. The Labute approximate surface area is 211 Å². The first kappa shape index (κ1) is 25.4. The quantitative estimate of drug-likeness (QED) is 0.363. The van der Waals surface area contributed by atoms with Gasteiger partial charge in [0.25, 0.3) is 5.91 Å². The van der Waals surface area contributed by atoms with Gasteiger partial charge in [0, 0.05) is 22.8 Å². The van der Waals surface area contributed by atoms with Gasteiger partial charge in [0.15, 0.2) is 11.0 Å². The van der Waals surface area contributed by atoms with Gasteiger partial charge in [0.2, 0.25) is 5.91 Å². The van der Waals surface area contributed by atoms with E-state index in [4.69, 9.17) is 34.8 Å². The maximum atomic E-state index is 12.6.